The largest absolute Gasteiger partial charge is 0.497 e. The number of ether oxygens (including phenoxy) is 2. The van der Waals surface area contributed by atoms with Crippen molar-refractivity contribution >= 4 is 29.3 Å². The summed E-state index contributed by atoms with van der Waals surface area (Å²) in [7, 11) is 1.51. The molecule has 0 heterocycles. The number of nitrogens with one attached hydrogen (secondary N) is 1. The summed E-state index contributed by atoms with van der Waals surface area (Å²) in [5.74, 6) is -0.0341. The minimum absolute atomic E-state index is 0.0996. The predicted molar refractivity (Wildman–Crippen MR) is 117 cm³/mol. The molecule has 0 aliphatic heterocycles. The zero-order chi connectivity index (χ0) is 22.2. The Kier molecular flexibility index (Phi) is 7.26. The lowest BCUT2D eigenvalue weighted by atomic mass is 10.1. The quantitative estimate of drug-likeness (QED) is 0.386. The van der Waals surface area contributed by atoms with Crippen LogP contribution < -0.4 is 14.8 Å². The minimum atomic E-state index is -0.586. The van der Waals surface area contributed by atoms with E-state index >= 15 is 0 Å². The van der Waals surface area contributed by atoms with Crippen LogP contribution in [0.25, 0.3) is 6.08 Å². The molecule has 156 valence electrons. The van der Waals surface area contributed by atoms with E-state index in [4.69, 9.17) is 21.1 Å². The van der Waals surface area contributed by atoms with Crippen molar-refractivity contribution in [3.05, 3.63) is 94.3 Å². The van der Waals surface area contributed by atoms with E-state index in [-0.39, 0.29) is 18.0 Å². The van der Waals surface area contributed by atoms with Crippen molar-refractivity contribution in [3.8, 4) is 17.6 Å². The van der Waals surface area contributed by atoms with Gasteiger partial charge in [-0.05, 0) is 54.1 Å². The summed E-state index contributed by atoms with van der Waals surface area (Å²) in [6.45, 7) is 0.0996. The van der Waals surface area contributed by atoms with Gasteiger partial charge in [0.2, 0.25) is 0 Å². The van der Waals surface area contributed by atoms with Crippen molar-refractivity contribution in [2.75, 3.05) is 12.4 Å². The Morgan fingerprint density at radius 3 is 2.68 bits per heavy atom. The normalized spacial score (nSPS) is 10.8. The molecule has 0 radical (unpaired) electrons. The first-order chi connectivity index (χ1) is 15.0. The zero-order valence-corrected chi connectivity index (χ0v) is 17.3. The van der Waals surface area contributed by atoms with Gasteiger partial charge >= 0.3 is 0 Å². The molecule has 3 rings (SSSR count). The molecule has 0 aromatic heterocycles. The third kappa shape index (κ3) is 6.08. The maximum Gasteiger partial charge on any atom is 0.266 e. The van der Waals surface area contributed by atoms with Crippen molar-refractivity contribution < 1.29 is 18.7 Å². The Morgan fingerprint density at radius 1 is 1.16 bits per heavy atom. The zero-order valence-electron chi connectivity index (χ0n) is 16.6. The minimum Gasteiger partial charge on any atom is -0.497 e. The number of benzene rings is 3. The molecule has 0 saturated carbocycles. The molecule has 0 atom stereocenters. The summed E-state index contributed by atoms with van der Waals surface area (Å²) in [4.78, 5) is 12.6. The summed E-state index contributed by atoms with van der Waals surface area (Å²) in [5, 5.41) is 12.6. The third-order valence-electron chi connectivity index (χ3n) is 4.25. The van der Waals surface area contributed by atoms with Crippen molar-refractivity contribution in [1.82, 2.24) is 0 Å². The highest BCUT2D eigenvalue weighted by molar-refractivity contribution is 6.31. The third-order valence-corrected chi connectivity index (χ3v) is 4.49. The smallest absolute Gasteiger partial charge is 0.266 e. The van der Waals surface area contributed by atoms with E-state index < -0.39 is 5.91 Å². The lowest BCUT2D eigenvalue weighted by Crippen LogP contribution is -2.13. The summed E-state index contributed by atoms with van der Waals surface area (Å²) in [5.41, 5.74) is 1.48. The Labute approximate surface area is 184 Å². The van der Waals surface area contributed by atoms with Crippen LogP contribution in [0, 0.1) is 17.1 Å². The number of hydrogen-bond donors (Lipinski definition) is 1. The van der Waals surface area contributed by atoms with Crippen molar-refractivity contribution in [1.29, 1.82) is 5.26 Å². The van der Waals surface area contributed by atoms with Crippen LogP contribution in [-0.4, -0.2) is 13.0 Å². The topological polar surface area (TPSA) is 71.3 Å². The van der Waals surface area contributed by atoms with Crippen LogP contribution in [-0.2, 0) is 11.4 Å². The van der Waals surface area contributed by atoms with Crippen LogP contribution in [0.15, 0.2) is 72.3 Å². The number of amides is 1. The number of methoxy groups -OCH3 is 1. The Bertz CT molecular complexity index is 1170. The number of anilines is 1. The first-order valence-corrected chi connectivity index (χ1v) is 9.60. The van der Waals surface area contributed by atoms with Gasteiger partial charge in [-0.2, -0.15) is 5.26 Å². The molecular formula is C24H18ClFN2O3. The summed E-state index contributed by atoms with van der Waals surface area (Å²) >= 11 is 5.93. The molecule has 0 spiro atoms. The van der Waals surface area contributed by atoms with Crippen LogP contribution in [0.4, 0.5) is 10.1 Å². The molecule has 1 amide bonds. The molecule has 0 saturated heterocycles. The van der Waals surface area contributed by atoms with Gasteiger partial charge in [-0.15, -0.1) is 0 Å². The van der Waals surface area contributed by atoms with E-state index in [9.17, 15) is 14.4 Å². The molecule has 3 aromatic carbocycles. The fraction of sp³-hybridized carbons (Fsp3) is 0.0833. The fourth-order valence-corrected chi connectivity index (χ4v) is 2.93. The highest BCUT2D eigenvalue weighted by atomic mass is 35.5. The number of nitriles is 1. The average molecular weight is 437 g/mol. The lowest BCUT2D eigenvalue weighted by molar-refractivity contribution is -0.112. The van der Waals surface area contributed by atoms with Gasteiger partial charge in [0.15, 0.2) is 0 Å². The highest BCUT2D eigenvalue weighted by Crippen LogP contribution is 2.28. The lowest BCUT2D eigenvalue weighted by Gasteiger charge is -2.12. The second kappa shape index (κ2) is 10.3. The maximum atomic E-state index is 13.4. The van der Waals surface area contributed by atoms with Crippen LogP contribution in [0.3, 0.4) is 0 Å². The van der Waals surface area contributed by atoms with Crippen LogP contribution in [0.2, 0.25) is 5.02 Å². The second-order valence-corrected chi connectivity index (χ2v) is 6.89. The van der Waals surface area contributed by atoms with Gasteiger partial charge in [0.1, 0.15) is 35.6 Å². The van der Waals surface area contributed by atoms with E-state index in [2.05, 4.69) is 5.32 Å². The van der Waals surface area contributed by atoms with Crippen LogP contribution in [0.5, 0.6) is 11.5 Å². The monoisotopic (exact) mass is 436 g/mol. The molecule has 1 N–H and O–H groups in total. The molecular weight excluding hydrogens is 419 g/mol. The van der Waals surface area contributed by atoms with Crippen molar-refractivity contribution in [2.45, 2.75) is 6.61 Å². The van der Waals surface area contributed by atoms with Gasteiger partial charge in [0, 0.05) is 22.3 Å². The Hall–Kier alpha value is -3.82. The first-order valence-electron chi connectivity index (χ1n) is 9.22. The van der Waals surface area contributed by atoms with E-state index in [0.717, 1.165) is 0 Å². The number of carbonyl (C=O) groups excluding carboxylic acids is 1. The Balaban J connectivity index is 1.86. The second-order valence-electron chi connectivity index (χ2n) is 6.46. The molecule has 7 heteroatoms. The number of nitrogens with zero attached hydrogens (tertiary/aromatic N) is 1. The fourth-order valence-electron chi connectivity index (χ4n) is 2.74. The van der Waals surface area contributed by atoms with E-state index in [1.807, 2.05) is 6.07 Å². The van der Waals surface area contributed by atoms with Gasteiger partial charge in [0.05, 0.1) is 7.11 Å². The van der Waals surface area contributed by atoms with E-state index in [1.165, 1.54) is 25.3 Å². The van der Waals surface area contributed by atoms with Crippen molar-refractivity contribution in [2.24, 2.45) is 0 Å². The molecule has 0 aliphatic rings. The maximum absolute atomic E-state index is 13.4. The van der Waals surface area contributed by atoms with Crippen LogP contribution >= 0.6 is 11.6 Å². The Morgan fingerprint density at radius 2 is 1.97 bits per heavy atom. The van der Waals surface area contributed by atoms with Crippen molar-refractivity contribution in [3.63, 3.8) is 0 Å². The SMILES string of the molecule is COc1ccc(/C=C(\C#N)C(=O)Nc2cccc(Cl)c2)c(OCc2cccc(F)c2)c1. The molecule has 0 bridgehead atoms. The standard InChI is InChI=1S/C24H18ClFN2O3/c1-30-22-9-8-17(23(13-22)31-15-16-4-2-6-20(26)10-16)11-18(14-27)24(29)28-21-7-3-5-19(25)12-21/h2-13H,15H2,1H3,(H,28,29)/b18-11+. The predicted octanol–water partition coefficient (Wildman–Crippen LogP) is 5.61. The number of carbonyl (C=O) groups is 1. The molecule has 0 unspecified atom stereocenters. The van der Waals surface area contributed by atoms with Crippen LogP contribution in [0.1, 0.15) is 11.1 Å². The summed E-state index contributed by atoms with van der Waals surface area (Å²) < 4.78 is 24.5. The van der Waals surface area contributed by atoms with Gasteiger partial charge in [-0.3, -0.25) is 4.79 Å². The van der Waals surface area contributed by atoms with Gasteiger partial charge in [-0.1, -0.05) is 29.8 Å². The summed E-state index contributed by atoms with van der Waals surface area (Å²) in [6, 6.07) is 19.5. The molecule has 31 heavy (non-hydrogen) atoms. The molecule has 0 fully saturated rings. The van der Waals surface area contributed by atoms with Gasteiger partial charge < -0.3 is 14.8 Å². The highest BCUT2D eigenvalue weighted by Gasteiger charge is 2.13. The van der Waals surface area contributed by atoms with Gasteiger partial charge in [0.25, 0.3) is 5.91 Å². The molecule has 3 aromatic rings. The average Bonchev–Trinajstić information content (AvgIpc) is 2.76. The number of hydrogen-bond acceptors (Lipinski definition) is 4. The summed E-state index contributed by atoms with van der Waals surface area (Å²) in [6.07, 6.45) is 1.42. The molecule has 5 nitrogen and oxygen atoms in total. The number of rotatable bonds is 7. The van der Waals surface area contributed by atoms with E-state index in [1.54, 1.807) is 54.6 Å². The van der Waals surface area contributed by atoms with E-state index in [0.29, 0.717) is 33.3 Å². The first kappa shape index (κ1) is 21.9. The molecule has 0 aliphatic carbocycles. The number of halogens is 2. The van der Waals surface area contributed by atoms with Gasteiger partial charge in [-0.25, -0.2) is 4.39 Å².